The maximum absolute atomic E-state index is 5.84. The molecule has 1 aromatic carbocycles. The monoisotopic (exact) mass is 209 g/mol. The van der Waals surface area contributed by atoms with E-state index in [1.54, 1.807) is 12.1 Å². The van der Waals surface area contributed by atoms with Crippen LogP contribution in [-0.4, -0.2) is 5.60 Å². The van der Waals surface area contributed by atoms with Crippen molar-refractivity contribution in [3.05, 3.63) is 41.9 Å². The van der Waals surface area contributed by atoms with E-state index < -0.39 is 0 Å². The van der Waals surface area contributed by atoms with Gasteiger partial charge in [0.05, 0.1) is 0 Å². The summed E-state index contributed by atoms with van der Waals surface area (Å²) < 4.78 is 5.73. The van der Waals surface area contributed by atoms with E-state index in [0.29, 0.717) is 11.4 Å². The Kier molecular flexibility index (Phi) is 3.59. The fourth-order valence-electron chi connectivity index (χ4n) is 1.18. The summed E-state index contributed by atoms with van der Waals surface area (Å²) in [5.41, 5.74) is -0.292. The van der Waals surface area contributed by atoms with E-state index in [2.05, 4.69) is 0 Å². The molecule has 0 spiro atoms. The minimum Gasteiger partial charge on any atom is -0.487 e. The molecule has 0 saturated carbocycles. The maximum Gasteiger partial charge on any atom is 0.121 e. The molecule has 2 heteroatoms. The highest BCUT2D eigenvalue weighted by Crippen LogP contribution is 2.23. The van der Waals surface area contributed by atoms with Gasteiger partial charge in [0.1, 0.15) is 11.4 Å². The molecule has 0 bridgehead atoms. The molecule has 0 N–H and O–H groups in total. The van der Waals surface area contributed by atoms with Crippen LogP contribution >= 0.6 is 11.6 Å². The van der Waals surface area contributed by atoms with Crippen molar-refractivity contribution >= 4 is 11.6 Å². The van der Waals surface area contributed by atoms with Gasteiger partial charge in [-0.1, -0.05) is 30.3 Å². The minimum absolute atomic E-state index is 0.292. The molecule has 1 aromatic rings. The van der Waals surface area contributed by atoms with Crippen molar-refractivity contribution in [2.24, 2.45) is 0 Å². The van der Waals surface area contributed by atoms with Gasteiger partial charge in [-0.3, -0.25) is 0 Å². The highest BCUT2D eigenvalue weighted by Gasteiger charge is 2.17. The van der Waals surface area contributed by atoms with Gasteiger partial charge in [-0.25, -0.2) is 0 Å². The van der Waals surface area contributed by atoms with Crippen LogP contribution < -0.4 is 4.74 Å². The summed E-state index contributed by atoms with van der Waals surface area (Å²) in [6, 6.07) is 7.35. The summed E-state index contributed by atoms with van der Waals surface area (Å²) in [7, 11) is 0. The highest BCUT2D eigenvalue weighted by atomic mass is 35.5. The Morgan fingerprint density at radius 1 is 1.50 bits per heavy atom. The number of halogens is 1. The van der Waals surface area contributed by atoms with Crippen LogP contribution in [-0.2, 0) is 0 Å². The van der Waals surface area contributed by atoms with Crippen LogP contribution in [0.2, 0.25) is 5.02 Å². The molecule has 0 aliphatic rings. The lowest BCUT2D eigenvalue weighted by Crippen LogP contribution is -2.27. The van der Waals surface area contributed by atoms with Crippen LogP contribution in [0.1, 0.15) is 20.3 Å². The van der Waals surface area contributed by atoms with Crippen LogP contribution in [0.3, 0.4) is 0 Å². The maximum atomic E-state index is 5.84. The lowest BCUT2D eigenvalue weighted by Gasteiger charge is -2.25. The Morgan fingerprint density at radius 3 is 2.79 bits per heavy atom. The number of hydrogen-bond donors (Lipinski definition) is 0. The largest absolute Gasteiger partial charge is 0.487 e. The fourth-order valence-corrected chi connectivity index (χ4v) is 1.36. The molecule has 0 atom stereocenters. The van der Waals surface area contributed by atoms with Crippen molar-refractivity contribution in [1.29, 1.82) is 0 Å². The second kappa shape index (κ2) is 4.52. The molecular formula is C12H14ClO. The summed E-state index contributed by atoms with van der Waals surface area (Å²) in [6.45, 7) is 9.33. The second-order valence-corrected chi connectivity index (χ2v) is 4.20. The standard InChI is InChI=1S/C12H14ClO/c1-4-8-12(2,3)14-11-7-5-6-10(13)9-11/h1,4-7,9H,8H2,2-3H3. The highest BCUT2D eigenvalue weighted by molar-refractivity contribution is 6.30. The van der Waals surface area contributed by atoms with Gasteiger partial charge in [0.25, 0.3) is 0 Å². The Balaban J connectivity index is 2.72. The lowest BCUT2D eigenvalue weighted by atomic mass is 10.1. The average Bonchev–Trinajstić information content (AvgIpc) is 2.02. The molecule has 0 aromatic heterocycles. The van der Waals surface area contributed by atoms with Crippen LogP contribution in [0, 0.1) is 6.58 Å². The molecule has 1 radical (unpaired) electrons. The molecule has 0 heterocycles. The number of rotatable bonds is 4. The van der Waals surface area contributed by atoms with Crippen molar-refractivity contribution in [2.75, 3.05) is 0 Å². The first-order chi connectivity index (χ1) is 6.53. The number of ether oxygens (including phenoxy) is 1. The van der Waals surface area contributed by atoms with Crippen LogP contribution in [0.15, 0.2) is 30.3 Å². The fraction of sp³-hybridized carbons (Fsp3) is 0.333. The van der Waals surface area contributed by atoms with E-state index in [4.69, 9.17) is 22.9 Å². The second-order valence-electron chi connectivity index (χ2n) is 3.76. The zero-order chi connectivity index (χ0) is 10.6. The van der Waals surface area contributed by atoms with Crippen molar-refractivity contribution in [3.8, 4) is 5.75 Å². The molecule has 0 aliphatic carbocycles. The van der Waals surface area contributed by atoms with Gasteiger partial charge < -0.3 is 4.74 Å². The normalized spacial score (nSPS) is 11.1. The Labute approximate surface area is 90.3 Å². The van der Waals surface area contributed by atoms with E-state index in [1.807, 2.05) is 32.0 Å². The van der Waals surface area contributed by atoms with Crippen molar-refractivity contribution < 1.29 is 4.74 Å². The van der Waals surface area contributed by atoms with E-state index >= 15 is 0 Å². The van der Waals surface area contributed by atoms with Gasteiger partial charge in [-0.2, -0.15) is 0 Å². The van der Waals surface area contributed by atoms with Crippen LogP contribution in [0.4, 0.5) is 0 Å². The molecule has 0 saturated heterocycles. The Bertz CT molecular complexity index is 318. The first-order valence-electron chi connectivity index (χ1n) is 4.51. The summed E-state index contributed by atoms with van der Waals surface area (Å²) in [6.07, 6.45) is 2.30. The average molecular weight is 210 g/mol. The lowest BCUT2D eigenvalue weighted by molar-refractivity contribution is 0.113. The van der Waals surface area contributed by atoms with Crippen LogP contribution in [0.25, 0.3) is 0 Å². The zero-order valence-corrected chi connectivity index (χ0v) is 9.21. The zero-order valence-electron chi connectivity index (χ0n) is 8.46. The molecule has 0 fully saturated rings. The third kappa shape index (κ3) is 3.43. The Hall–Kier alpha value is -0.950. The smallest absolute Gasteiger partial charge is 0.121 e. The minimum atomic E-state index is -0.292. The summed E-state index contributed by atoms with van der Waals surface area (Å²) in [5, 5.41) is 0.676. The van der Waals surface area contributed by atoms with Gasteiger partial charge in [-0.05, 0) is 32.0 Å². The molecule has 1 nitrogen and oxygen atoms in total. The summed E-state index contributed by atoms with van der Waals surface area (Å²) in [5.74, 6) is 0.768. The van der Waals surface area contributed by atoms with Crippen molar-refractivity contribution in [1.82, 2.24) is 0 Å². The molecule has 14 heavy (non-hydrogen) atoms. The van der Waals surface area contributed by atoms with Gasteiger partial charge >= 0.3 is 0 Å². The molecule has 0 aliphatic heterocycles. The third-order valence-corrected chi connectivity index (χ3v) is 2.03. The van der Waals surface area contributed by atoms with E-state index in [1.165, 1.54) is 0 Å². The molecular weight excluding hydrogens is 196 g/mol. The third-order valence-electron chi connectivity index (χ3n) is 1.80. The Morgan fingerprint density at radius 2 is 2.21 bits per heavy atom. The quantitative estimate of drug-likeness (QED) is 0.732. The van der Waals surface area contributed by atoms with Crippen molar-refractivity contribution in [2.45, 2.75) is 25.9 Å². The molecule has 75 valence electrons. The van der Waals surface area contributed by atoms with Crippen LogP contribution in [0.5, 0.6) is 5.75 Å². The van der Waals surface area contributed by atoms with Gasteiger partial charge in [0.15, 0.2) is 0 Å². The SMILES string of the molecule is [CH]=CCC(C)(C)Oc1cccc(Cl)c1. The van der Waals surface area contributed by atoms with Gasteiger partial charge in [0.2, 0.25) is 0 Å². The van der Waals surface area contributed by atoms with E-state index in [9.17, 15) is 0 Å². The molecule has 0 amide bonds. The number of benzene rings is 1. The topological polar surface area (TPSA) is 9.23 Å². The number of hydrogen-bond acceptors (Lipinski definition) is 1. The summed E-state index contributed by atoms with van der Waals surface area (Å²) in [4.78, 5) is 0. The predicted molar refractivity (Wildman–Crippen MR) is 59.6 cm³/mol. The first kappa shape index (κ1) is 11.1. The van der Waals surface area contributed by atoms with E-state index in [0.717, 1.165) is 5.75 Å². The van der Waals surface area contributed by atoms with Gasteiger partial charge in [-0.15, -0.1) is 0 Å². The van der Waals surface area contributed by atoms with Gasteiger partial charge in [0, 0.05) is 11.4 Å². The van der Waals surface area contributed by atoms with Crippen molar-refractivity contribution in [3.63, 3.8) is 0 Å². The molecule has 1 rings (SSSR count). The first-order valence-corrected chi connectivity index (χ1v) is 4.89. The summed E-state index contributed by atoms with van der Waals surface area (Å²) >= 11 is 5.84. The van der Waals surface area contributed by atoms with E-state index in [-0.39, 0.29) is 5.60 Å². The molecule has 0 unspecified atom stereocenters. The predicted octanol–water partition coefficient (Wildman–Crippen LogP) is 3.88.